The monoisotopic (exact) mass is 415 g/mol. The minimum atomic E-state index is -1.24. The normalized spacial score (nSPS) is 23.8. The molecule has 1 aromatic rings. The largest absolute Gasteiger partial charge is 0.493 e. The van der Waals surface area contributed by atoms with Crippen LogP contribution in [-0.4, -0.2) is 66.5 Å². The summed E-state index contributed by atoms with van der Waals surface area (Å²) in [6, 6.07) is 6.35. The lowest BCUT2D eigenvalue weighted by molar-refractivity contribution is -0.154. The predicted molar refractivity (Wildman–Crippen MR) is 104 cm³/mol. The SMILES string of the molecule is CC1CCN(C(=O)COC(=O)CN2C(=O)N[C@@]3(CCOc4ccccc43)C2=O)CC1. The van der Waals surface area contributed by atoms with Crippen LogP contribution in [0.4, 0.5) is 4.79 Å². The standard InChI is InChI=1S/C21H25N3O6/c1-14-6-9-23(10-7-14)17(25)13-30-18(26)12-24-19(27)21(22-20(24)28)8-11-29-16-5-3-2-4-15(16)21/h2-5,14H,6-13H2,1H3,(H,22,28)/t21-/m1/s1. The first kappa shape index (κ1) is 20.2. The minimum absolute atomic E-state index is 0.262. The summed E-state index contributed by atoms with van der Waals surface area (Å²) in [4.78, 5) is 52.6. The zero-order valence-corrected chi connectivity index (χ0v) is 16.9. The quantitative estimate of drug-likeness (QED) is 0.581. The number of piperidine rings is 1. The summed E-state index contributed by atoms with van der Waals surface area (Å²) in [5, 5.41) is 2.73. The highest BCUT2D eigenvalue weighted by molar-refractivity contribution is 6.09. The molecule has 2 fully saturated rings. The Morgan fingerprint density at radius 1 is 1.23 bits per heavy atom. The summed E-state index contributed by atoms with van der Waals surface area (Å²) >= 11 is 0. The van der Waals surface area contributed by atoms with Crippen molar-refractivity contribution in [2.45, 2.75) is 31.7 Å². The lowest BCUT2D eigenvalue weighted by Crippen LogP contribution is -2.48. The zero-order chi connectivity index (χ0) is 21.3. The second-order valence-electron chi connectivity index (χ2n) is 8.05. The van der Waals surface area contributed by atoms with E-state index in [4.69, 9.17) is 9.47 Å². The first-order valence-corrected chi connectivity index (χ1v) is 10.2. The summed E-state index contributed by atoms with van der Waals surface area (Å²) in [6.45, 7) is 2.77. The third-order valence-corrected chi connectivity index (χ3v) is 6.04. The Labute approximate surface area is 174 Å². The van der Waals surface area contributed by atoms with Crippen molar-refractivity contribution in [1.29, 1.82) is 0 Å². The summed E-state index contributed by atoms with van der Waals surface area (Å²) in [5.74, 6) is -0.462. The van der Waals surface area contributed by atoms with Gasteiger partial charge in [-0.05, 0) is 24.8 Å². The number of carbonyl (C=O) groups excluding carboxylic acids is 4. The average molecular weight is 415 g/mol. The van der Waals surface area contributed by atoms with E-state index in [0.717, 1.165) is 17.7 Å². The first-order valence-electron chi connectivity index (χ1n) is 10.2. The van der Waals surface area contributed by atoms with Crippen LogP contribution in [0.2, 0.25) is 0 Å². The number of ether oxygens (including phenoxy) is 2. The number of esters is 1. The second-order valence-corrected chi connectivity index (χ2v) is 8.05. The molecule has 0 aliphatic carbocycles. The van der Waals surface area contributed by atoms with E-state index in [0.29, 0.717) is 30.3 Å². The fraction of sp³-hybridized carbons (Fsp3) is 0.524. The molecule has 9 heteroatoms. The molecule has 9 nitrogen and oxygen atoms in total. The molecule has 1 atom stereocenters. The molecule has 0 unspecified atom stereocenters. The van der Waals surface area contributed by atoms with Gasteiger partial charge in [-0.25, -0.2) is 4.79 Å². The van der Waals surface area contributed by atoms with E-state index in [9.17, 15) is 19.2 Å². The van der Waals surface area contributed by atoms with Gasteiger partial charge in [-0.3, -0.25) is 19.3 Å². The number of carbonyl (C=O) groups is 4. The van der Waals surface area contributed by atoms with Gasteiger partial charge in [0.2, 0.25) is 0 Å². The van der Waals surface area contributed by atoms with Crippen LogP contribution in [0.1, 0.15) is 31.7 Å². The summed E-state index contributed by atoms with van der Waals surface area (Å²) in [6.07, 6.45) is 2.12. The number of rotatable bonds is 4. The molecule has 1 spiro atoms. The Morgan fingerprint density at radius 3 is 2.73 bits per heavy atom. The lowest BCUT2D eigenvalue weighted by atomic mass is 9.84. The van der Waals surface area contributed by atoms with Crippen molar-refractivity contribution in [1.82, 2.24) is 15.1 Å². The highest BCUT2D eigenvalue weighted by Crippen LogP contribution is 2.40. The van der Waals surface area contributed by atoms with E-state index in [1.54, 1.807) is 29.2 Å². The molecule has 0 bridgehead atoms. The first-order chi connectivity index (χ1) is 14.4. The number of hydrogen-bond donors (Lipinski definition) is 1. The third-order valence-electron chi connectivity index (χ3n) is 6.04. The number of urea groups is 1. The highest BCUT2D eigenvalue weighted by atomic mass is 16.5. The minimum Gasteiger partial charge on any atom is -0.493 e. The molecular weight excluding hydrogens is 390 g/mol. The number of amides is 4. The van der Waals surface area contributed by atoms with Crippen molar-refractivity contribution < 1.29 is 28.7 Å². The van der Waals surface area contributed by atoms with Gasteiger partial charge in [-0.1, -0.05) is 25.1 Å². The summed E-state index contributed by atoms with van der Waals surface area (Å²) in [5.41, 5.74) is -0.674. The molecule has 1 N–H and O–H groups in total. The topological polar surface area (TPSA) is 105 Å². The maximum Gasteiger partial charge on any atom is 0.326 e. The van der Waals surface area contributed by atoms with Gasteiger partial charge in [0.05, 0.1) is 6.61 Å². The van der Waals surface area contributed by atoms with Gasteiger partial charge in [0.25, 0.3) is 11.8 Å². The Balaban J connectivity index is 1.37. The van der Waals surface area contributed by atoms with Crippen LogP contribution < -0.4 is 10.1 Å². The van der Waals surface area contributed by atoms with Crippen molar-refractivity contribution >= 4 is 23.8 Å². The number of nitrogens with one attached hydrogen (secondary N) is 1. The molecule has 2 saturated heterocycles. The molecule has 30 heavy (non-hydrogen) atoms. The van der Waals surface area contributed by atoms with E-state index in [1.165, 1.54) is 0 Å². The van der Waals surface area contributed by atoms with Crippen LogP contribution in [-0.2, 0) is 24.7 Å². The molecule has 1 aromatic carbocycles. The van der Waals surface area contributed by atoms with Gasteiger partial charge in [0.15, 0.2) is 12.1 Å². The third kappa shape index (κ3) is 3.59. The van der Waals surface area contributed by atoms with Gasteiger partial charge in [-0.2, -0.15) is 0 Å². The van der Waals surface area contributed by atoms with E-state index >= 15 is 0 Å². The molecule has 4 amide bonds. The van der Waals surface area contributed by atoms with Crippen LogP contribution in [0.25, 0.3) is 0 Å². The smallest absolute Gasteiger partial charge is 0.326 e. The molecule has 0 radical (unpaired) electrons. The van der Waals surface area contributed by atoms with Gasteiger partial charge < -0.3 is 19.7 Å². The van der Waals surface area contributed by atoms with Gasteiger partial charge in [-0.15, -0.1) is 0 Å². The second kappa shape index (κ2) is 7.97. The Bertz CT molecular complexity index is 879. The van der Waals surface area contributed by atoms with Gasteiger partial charge >= 0.3 is 12.0 Å². The van der Waals surface area contributed by atoms with Crippen LogP contribution in [0.3, 0.4) is 0 Å². The van der Waals surface area contributed by atoms with Crippen molar-refractivity contribution in [2.24, 2.45) is 5.92 Å². The van der Waals surface area contributed by atoms with E-state index < -0.39 is 36.6 Å². The van der Waals surface area contributed by atoms with Crippen LogP contribution >= 0.6 is 0 Å². The molecule has 160 valence electrons. The van der Waals surface area contributed by atoms with Crippen molar-refractivity contribution in [3.05, 3.63) is 29.8 Å². The maximum absolute atomic E-state index is 13.1. The number of nitrogens with zero attached hydrogens (tertiary/aromatic N) is 2. The van der Waals surface area contributed by atoms with E-state index in [2.05, 4.69) is 12.2 Å². The number of hydrogen-bond acceptors (Lipinski definition) is 6. The Morgan fingerprint density at radius 2 is 1.97 bits per heavy atom. The lowest BCUT2D eigenvalue weighted by Gasteiger charge is -2.33. The van der Waals surface area contributed by atoms with Gasteiger partial charge in [0, 0.05) is 25.1 Å². The van der Waals surface area contributed by atoms with E-state index in [-0.39, 0.29) is 18.9 Å². The molecule has 0 aromatic heterocycles. The number of fused-ring (bicyclic) bond motifs is 2. The van der Waals surface area contributed by atoms with E-state index in [1.807, 2.05) is 0 Å². The fourth-order valence-electron chi connectivity index (χ4n) is 4.18. The van der Waals surface area contributed by atoms with Crippen LogP contribution in [0.5, 0.6) is 5.75 Å². The van der Waals surface area contributed by atoms with Crippen LogP contribution in [0, 0.1) is 5.92 Å². The number of para-hydroxylation sites is 1. The number of likely N-dealkylation sites (tertiary alicyclic amines) is 1. The van der Waals surface area contributed by atoms with Crippen molar-refractivity contribution in [3.63, 3.8) is 0 Å². The zero-order valence-electron chi connectivity index (χ0n) is 16.9. The predicted octanol–water partition coefficient (Wildman–Crippen LogP) is 1.02. The van der Waals surface area contributed by atoms with Crippen molar-refractivity contribution in [2.75, 3.05) is 32.8 Å². The molecule has 0 saturated carbocycles. The maximum atomic E-state index is 13.1. The highest BCUT2D eigenvalue weighted by Gasteiger charge is 2.55. The fourth-order valence-corrected chi connectivity index (χ4v) is 4.18. The number of imide groups is 1. The Kier molecular flexibility index (Phi) is 5.36. The van der Waals surface area contributed by atoms with Crippen LogP contribution in [0.15, 0.2) is 24.3 Å². The molecular formula is C21H25N3O6. The molecule has 4 rings (SSSR count). The molecule has 3 aliphatic rings. The molecule has 3 aliphatic heterocycles. The summed E-state index contributed by atoms with van der Waals surface area (Å²) in [7, 11) is 0. The average Bonchev–Trinajstić information content (AvgIpc) is 2.97. The summed E-state index contributed by atoms with van der Waals surface area (Å²) < 4.78 is 10.6. The number of benzene rings is 1. The van der Waals surface area contributed by atoms with Crippen molar-refractivity contribution in [3.8, 4) is 5.75 Å². The van der Waals surface area contributed by atoms with Gasteiger partial charge in [0.1, 0.15) is 12.3 Å². The Hall–Kier alpha value is -3.10. The molecule has 3 heterocycles.